The molecule has 0 aliphatic carbocycles. The molecule has 0 unspecified atom stereocenters. The molecule has 2 atom stereocenters. The summed E-state index contributed by atoms with van der Waals surface area (Å²) in [6, 6.07) is 0. The summed E-state index contributed by atoms with van der Waals surface area (Å²) in [6.07, 6.45) is 7.95. The van der Waals surface area contributed by atoms with Gasteiger partial charge in [-0.2, -0.15) is 0 Å². The van der Waals surface area contributed by atoms with Gasteiger partial charge >= 0.3 is 5.97 Å². The number of ether oxygens (including phenoxy) is 1. The van der Waals surface area contributed by atoms with Crippen molar-refractivity contribution in [1.82, 2.24) is 0 Å². The number of allylic oxidation sites excluding steroid dienone is 1. The Morgan fingerprint density at radius 2 is 2.05 bits per heavy atom. The van der Waals surface area contributed by atoms with Crippen LogP contribution in [0.15, 0.2) is 24.8 Å². The van der Waals surface area contributed by atoms with Crippen LogP contribution in [0.25, 0.3) is 0 Å². The van der Waals surface area contributed by atoms with Gasteiger partial charge in [0.05, 0.1) is 0 Å². The van der Waals surface area contributed by atoms with Gasteiger partial charge in [0.15, 0.2) is 6.10 Å². The van der Waals surface area contributed by atoms with Gasteiger partial charge in [0, 0.05) is 6.92 Å². The quantitative estimate of drug-likeness (QED) is 0.336. The maximum absolute atomic E-state index is 11.0. The van der Waals surface area contributed by atoms with Crippen molar-refractivity contribution in [1.29, 1.82) is 0 Å². The third-order valence-electron chi connectivity index (χ3n) is 2.30. The van der Waals surface area contributed by atoms with E-state index in [4.69, 9.17) is 9.84 Å². The average molecular weight is 274 g/mol. The summed E-state index contributed by atoms with van der Waals surface area (Å²) in [5.41, 5.74) is 0. The molecular weight excluding hydrogens is 252 g/mol. The van der Waals surface area contributed by atoms with Crippen LogP contribution in [0.1, 0.15) is 39.5 Å². The smallest absolute Gasteiger partial charge is 0.304 e. The molecule has 0 aliphatic heterocycles. The van der Waals surface area contributed by atoms with E-state index in [1.165, 1.54) is 25.8 Å². The maximum Gasteiger partial charge on any atom is 0.304 e. The van der Waals surface area contributed by atoms with Crippen LogP contribution in [0.2, 0.25) is 0 Å². The van der Waals surface area contributed by atoms with Crippen molar-refractivity contribution in [3.8, 4) is 23.7 Å². The highest BCUT2D eigenvalue weighted by atomic mass is 16.5. The van der Waals surface area contributed by atoms with Crippen molar-refractivity contribution in [2.75, 3.05) is 0 Å². The third kappa shape index (κ3) is 11.1. The lowest BCUT2D eigenvalue weighted by molar-refractivity contribution is -0.142. The number of esters is 1. The Labute approximate surface area is 121 Å². The minimum Gasteiger partial charge on any atom is -0.445 e. The Hall–Kier alpha value is -1.97. The number of aliphatic hydroxyl groups excluding tert-OH is 1. The number of aliphatic hydroxyl groups is 1. The predicted octanol–water partition coefficient (Wildman–Crippen LogP) is 2.61. The molecule has 0 bridgehead atoms. The molecule has 0 saturated heterocycles. The van der Waals surface area contributed by atoms with Crippen molar-refractivity contribution < 1.29 is 14.6 Å². The normalized spacial score (nSPS) is 12.6. The van der Waals surface area contributed by atoms with Gasteiger partial charge in [-0.1, -0.05) is 44.4 Å². The van der Waals surface area contributed by atoms with Gasteiger partial charge in [0.1, 0.15) is 6.10 Å². The lowest BCUT2D eigenvalue weighted by Gasteiger charge is -2.05. The van der Waals surface area contributed by atoms with Crippen LogP contribution in [-0.2, 0) is 9.53 Å². The van der Waals surface area contributed by atoms with E-state index in [-0.39, 0.29) is 5.97 Å². The van der Waals surface area contributed by atoms with E-state index >= 15 is 0 Å². The molecule has 0 amide bonds. The van der Waals surface area contributed by atoms with Crippen molar-refractivity contribution in [3.05, 3.63) is 24.8 Å². The Morgan fingerprint density at radius 1 is 1.35 bits per heavy atom. The molecule has 3 nitrogen and oxygen atoms in total. The summed E-state index contributed by atoms with van der Waals surface area (Å²) in [7, 11) is 0. The summed E-state index contributed by atoms with van der Waals surface area (Å²) in [6.45, 7) is 6.88. The molecule has 0 aromatic heterocycles. The third-order valence-corrected chi connectivity index (χ3v) is 2.30. The molecule has 0 heterocycles. The van der Waals surface area contributed by atoms with Crippen LogP contribution < -0.4 is 0 Å². The molecule has 0 aromatic carbocycles. The van der Waals surface area contributed by atoms with Crippen LogP contribution in [0.5, 0.6) is 0 Å². The maximum atomic E-state index is 11.0. The van der Waals surface area contributed by atoms with Gasteiger partial charge in [-0.15, -0.1) is 0 Å². The van der Waals surface area contributed by atoms with Crippen LogP contribution in [0.3, 0.4) is 0 Å². The second kappa shape index (κ2) is 12.1. The Balaban J connectivity index is 4.47. The summed E-state index contributed by atoms with van der Waals surface area (Å²) < 4.78 is 5.04. The molecule has 0 aromatic rings. The molecule has 0 radical (unpaired) electrons. The monoisotopic (exact) mass is 274 g/mol. The van der Waals surface area contributed by atoms with E-state index in [9.17, 15) is 4.79 Å². The summed E-state index contributed by atoms with van der Waals surface area (Å²) >= 11 is 0. The van der Waals surface area contributed by atoms with E-state index in [1.807, 2.05) is 6.08 Å². The SMILES string of the molecule is C=C[C@H](O)C#CC#C[C@H](/C=C/CCCCC)OC(C)=O. The lowest BCUT2D eigenvalue weighted by atomic mass is 10.2. The summed E-state index contributed by atoms with van der Waals surface area (Å²) in [4.78, 5) is 11.0. The second-order valence-electron chi connectivity index (χ2n) is 4.17. The Morgan fingerprint density at radius 3 is 2.65 bits per heavy atom. The molecule has 0 aliphatic rings. The number of carbonyl (C=O) groups is 1. The van der Waals surface area contributed by atoms with Gasteiger partial charge in [-0.05, 0) is 36.7 Å². The Kier molecular flexibility index (Phi) is 10.9. The van der Waals surface area contributed by atoms with Crippen LogP contribution >= 0.6 is 0 Å². The van der Waals surface area contributed by atoms with E-state index in [1.54, 1.807) is 6.08 Å². The van der Waals surface area contributed by atoms with Crippen molar-refractivity contribution in [2.24, 2.45) is 0 Å². The lowest BCUT2D eigenvalue weighted by Crippen LogP contribution is -2.11. The minimum absolute atomic E-state index is 0.387. The number of rotatable bonds is 7. The van der Waals surface area contributed by atoms with Gasteiger partial charge in [-0.3, -0.25) is 4.79 Å². The molecule has 3 heteroatoms. The van der Waals surface area contributed by atoms with Crippen molar-refractivity contribution in [2.45, 2.75) is 51.7 Å². The van der Waals surface area contributed by atoms with E-state index in [0.29, 0.717) is 0 Å². The number of unbranched alkanes of at least 4 members (excludes halogenated alkanes) is 3. The molecular formula is C17H22O3. The van der Waals surface area contributed by atoms with Crippen molar-refractivity contribution in [3.63, 3.8) is 0 Å². The first-order valence-electron chi connectivity index (χ1n) is 6.75. The highest BCUT2D eigenvalue weighted by Crippen LogP contribution is 2.02. The highest BCUT2D eigenvalue weighted by Gasteiger charge is 2.02. The first-order valence-corrected chi connectivity index (χ1v) is 6.75. The van der Waals surface area contributed by atoms with Crippen molar-refractivity contribution >= 4 is 5.97 Å². The zero-order valence-corrected chi connectivity index (χ0v) is 12.2. The van der Waals surface area contributed by atoms with Gasteiger partial charge < -0.3 is 9.84 Å². The van der Waals surface area contributed by atoms with Crippen LogP contribution in [0, 0.1) is 23.7 Å². The van der Waals surface area contributed by atoms with Crippen LogP contribution in [-0.4, -0.2) is 23.3 Å². The molecule has 20 heavy (non-hydrogen) atoms. The molecule has 0 fully saturated rings. The molecule has 0 rings (SSSR count). The number of hydrogen-bond donors (Lipinski definition) is 1. The van der Waals surface area contributed by atoms with Gasteiger partial charge in [0.2, 0.25) is 0 Å². The molecule has 0 spiro atoms. The largest absolute Gasteiger partial charge is 0.445 e. The predicted molar refractivity (Wildman–Crippen MR) is 80.6 cm³/mol. The zero-order valence-electron chi connectivity index (χ0n) is 12.2. The van der Waals surface area contributed by atoms with E-state index in [0.717, 1.165) is 12.8 Å². The van der Waals surface area contributed by atoms with Crippen LogP contribution in [0.4, 0.5) is 0 Å². The first-order chi connectivity index (χ1) is 9.60. The number of hydrogen-bond acceptors (Lipinski definition) is 3. The highest BCUT2D eigenvalue weighted by molar-refractivity contribution is 5.66. The fourth-order valence-corrected chi connectivity index (χ4v) is 1.30. The fourth-order valence-electron chi connectivity index (χ4n) is 1.30. The minimum atomic E-state index is -0.888. The summed E-state index contributed by atoms with van der Waals surface area (Å²) in [5.74, 6) is 9.86. The Bertz CT molecular complexity index is 440. The first kappa shape index (κ1) is 18.0. The fraction of sp³-hybridized carbons (Fsp3) is 0.471. The zero-order chi connectivity index (χ0) is 15.2. The summed E-state index contributed by atoms with van der Waals surface area (Å²) in [5, 5.41) is 9.13. The number of carbonyl (C=O) groups excluding carboxylic acids is 1. The van der Waals surface area contributed by atoms with Gasteiger partial charge in [0.25, 0.3) is 0 Å². The average Bonchev–Trinajstić information content (AvgIpc) is 2.42. The standard InChI is InChI=1S/C17H22O3/c1-4-6-7-8-9-13-17(20-15(3)18)14-11-10-12-16(19)5-2/h5,9,13,16-17,19H,2,4,6-8H2,1,3H3/b13-9+/t16-,17-/m0/s1. The molecule has 0 saturated carbocycles. The molecule has 108 valence electrons. The topological polar surface area (TPSA) is 46.5 Å². The van der Waals surface area contributed by atoms with E-state index < -0.39 is 12.2 Å². The van der Waals surface area contributed by atoms with E-state index in [2.05, 4.69) is 37.2 Å². The molecule has 1 N–H and O–H groups in total. The second-order valence-corrected chi connectivity index (χ2v) is 4.17. The van der Waals surface area contributed by atoms with Gasteiger partial charge in [-0.25, -0.2) is 0 Å².